The highest BCUT2D eigenvalue weighted by atomic mass is 19.1. The Kier molecular flexibility index (Phi) is 3.85. The summed E-state index contributed by atoms with van der Waals surface area (Å²) in [5, 5.41) is 5.13. The summed E-state index contributed by atoms with van der Waals surface area (Å²) in [5.41, 5.74) is -1.66. The number of nitrogens with one attached hydrogen (secondary N) is 2. The Hall–Kier alpha value is -1.98. The van der Waals surface area contributed by atoms with Crippen molar-refractivity contribution in [1.29, 1.82) is 0 Å². The van der Waals surface area contributed by atoms with Crippen molar-refractivity contribution in [2.75, 3.05) is 5.32 Å². The number of amides is 2. The van der Waals surface area contributed by atoms with Gasteiger partial charge in [-0.05, 0) is 37.8 Å². The summed E-state index contributed by atoms with van der Waals surface area (Å²) in [6, 6.07) is 3.47. The molecule has 0 aromatic heterocycles. The molecule has 118 valence electrons. The zero-order chi connectivity index (χ0) is 15.7. The molecule has 1 aromatic rings. The van der Waals surface area contributed by atoms with E-state index in [0.717, 1.165) is 37.8 Å². The number of benzene rings is 1. The van der Waals surface area contributed by atoms with Gasteiger partial charge in [-0.15, -0.1) is 0 Å². The second-order valence-corrected chi connectivity index (χ2v) is 6.09. The molecule has 0 heterocycles. The fraction of sp³-hybridized carbons (Fsp3) is 0.500. The highest BCUT2D eigenvalue weighted by Crippen LogP contribution is 2.47. The Bertz CT molecular complexity index is 588. The van der Waals surface area contributed by atoms with E-state index in [1.54, 1.807) is 0 Å². The van der Waals surface area contributed by atoms with Crippen LogP contribution in [0.5, 0.6) is 0 Å². The van der Waals surface area contributed by atoms with Crippen LogP contribution in [0.15, 0.2) is 18.2 Å². The summed E-state index contributed by atoms with van der Waals surface area (Å²) in [6.07, 6.45) is 4.81. The lowest BCUT2D eigenvalue weighted by Gasteiger charge is -2.19. The van der Waals surface area contributed by atoms with Gasteiger partial charge in [0.1, 0.15) is 22.7 Å². The van der Waals surface area contributed by atoms with Gasteiger partial charge in [0, 0.05) is 6.04 Å². The highest BCUT2D eigenvalue weighted by Gasteiger charge is 2.57. The van der Waals surface area contributed by atoms with E-state index in [0.29, 0.717) is 12.8 Å². The van der Waals surface area contributed by atoms with Crippen molar-refractivity contribution in [1.82, 2.24) is 5.32 Å². The normalized spacial score (nSPS) is 19.7. The lowest BCUT2D eigenvalue weighted by atomic mass is 10.0. The monoisotopic (exact) mass is 308 g/mol. The maximum absolute atomic E-state index is 13.6. The molecule has 2 aliphatic carbocycles. The molecule has 4 nitrogen and oxygen atoms in total. The van der Waals surface area contributed by atoms with Gasteiger partial charge in [0.25, 0.3) is 0 Å². The quantitative estimate of drug-likeness (QED) is 0.840. The molecule has 0 aliphatic heterocycles. The molecular formula is C16H18F2N2O2. The van der Waals surface area contributed by atoms with E-state index in [2.05, 4.69) is 10.6 Å². The molecule has 2 amide bonds. The molecule has 1 aromatic carbocycles. The predicted molar refractivity (Wildman–Crippen MR) is 77.1 cm³/mol. The second-order valence-electron chi connectivity index (χ2n) is 6.09. The van der Waals surface area contributed by atoms with Crippen LogP contribution in [0.3, 0.4) is 0 Å². The van der Waals surface area contributed by atoms with Crippen LogP contribution in [0.1, 0.15) is 38.5 Å². The molecule has 2 fully saturated rings. The van der Waals surface area contributed by atoms with Crippen LogP contribution in [0.25, 0.3) is 0 Å². The minimum Gasteiger partial charge on any atom is -0.352 e. The van der Waals surface area contributed by atoms with Gasteiger partial charge >= 0.3 is 0 Å². The zero-order valence-corrected chi connectivity index (χ0v) is 12.1. The topological polar surface area (TPSA) is 58.2 Å². The molecule has 0 radical (unpaired) electrons. The van der Waals surface area contributed by atoms with Crippen molar-refractivity contribution in [3.8, 4) is 0 Å². The van der Waals surface area contributed by atoms with Gasteiger partial charge in [0.2, 0.25) is 11.8 Å². The average molecular weight is 308 g/mol. The van der Waals surface area contributed by atoms with Crippen molar-refractivity contribution in [2.24, 2.45) is 5.41 Å². The van der Waals surface area contributed by atoms with Gasteiger partial charge in [0.15, 0.2) is 0 Å². The first-order chi connectivity index (χ1) is 10.5. The molecule has 0 bridgehead atoms. The Morgan fingerprint density at radius 3 is 2.18 bits per heavy atom. The number of hydrogen-bond acceptors (Lipinski definition) is 2. The fourth-order valence-corrected chi connectivity index (χ4v) is 2.93. The van der Waals surface area contributed by atoms with Crippen molar-refractivity contribution in [3.63, 3.8) is 0 Å². The van der Waals surface area contributed by atoms with Crippen LogP contribution >= 0.6 is 0 Å². The van der Waals surface area contributed by atoms with E-state index in [-0.39, 0.29) is 11.9 Å². The van der Waals surface area contributed by atoms with Crippen LogP contribution in [0, 0.1) is 17.0 Å². The Balaban J connectivity index is 1.69. The minimum absolute atomic E-state index is 0.114. The molecule has 0 spiro atoms. The van der Waals surface area contributed by atoms with Gasteiger partial charge in [-0.3, -0.25) is 9.59 Å². The van der Waals surface area contributed by atoms with E-state index in [9.17, 15) is 18.4 Å². The predicted octanol–water partition coefficient (Wildman–Crippen LogP) is 2.74. The van der Waals surface area contributed by atoms with Crippen LogP contribution < -0.4 is 10.6 Å². The van der Waals surface area contributed by atoms with Gasteiger partial charge in [-0.2, -0.15) is 0 Å². The van der Waals surface area contributed by atoms with Crippen molar-refractivity contribution < 1.29 is 18.4 Å². The first kappa shape index (κ1) is 14.9. The number of carbonyl (C=O) groups is 2. The first-order valence-corrected chi connectivity index (χ1v) is 7.59. The third-order valence-corrected chi connectivity index (χ3v) is 4.51. The molecule has 0 saturated heterocycles. The zero-order valence-electron chi connectivity index (χ0n) is 12.1. The van der Waals surface area contributed by atoms with Crippen molar-refractivity contribution in [3.05, 3.63) is 29.8 Å². The largest absolute Gasteiger partial charge is 0.352 e. The van der Waals surface area contributed by atoms with Gasteiger partial charge in [-0.1, -0.05) is 18.9 Å². The van der Waals surface area contributed by atoms with Crippen LogP contribution in [0.4, 0.5) is 14.5 Å². The van der Waals surface area contributed by atoms with Crippen LogP contribution in [-0.2, 0) is 9.59 Å². The number of rotatable bonds is 4. The molecule has 22 heavy (non-hydrogen) atoms. The SMILES string of the molecule is O=C(Nc1c(F)cccc1F)C1(C(=O)NC2CCCC2)CC1. The molecule has 3 rings (SSSR count). The summed E-state index contributed by atoms with van der Waals surface area (Å²) in [5.74, 6) is -2.65. The maximum Gasteiger partial charge on any atom is 0.240 e. The van der Waals surface area contributed by atoms with E-state index in [1.165, 1.54) is 6.07 Å². The maximum atomic E-state index is 13.6. The number of carbonyl (C=O) groups excluding carboxylic acids is 2. The number of halogens is 2. The number of hydrogen-bond donors (Lipinski definition) is 2. The lowest BCUT2D eigenvalue weighted by molar-refractivity contribution is -0.134. The van der Waals surface area contributed by atoms with Gasteiger partial charge < -0.3 is 10.6 Å². The summed E-state index contributed by atoms with van der Waals surface area (Å²) in [4.78, 5) is 24.6. The van der Waals surface area contributed by atoms with Gasteiger partial charge in [-0.25, -0.2) is 8.78 Å². The van der Waals surface area contributed by atoms with Crippen LogP contribution in [-0.4, -0.2) is 17.9 Å². The molecule has 0 atom stereocenters. The Labute approximate surface area is 127 Å². The molecule has 6 heteroatoms. The summed E-state index contributed by atoms with van der Waals surface area (Å²) < 4.78 is 27.2. The first-order valence-electron chi connectivity index (χ1n) is 7.59. The third kappa shape index (κ3) is 2.69. The van der Waals surface area contributed by atoms with E-state index in [1.807, 2.05) is 0 Å². The summed E-state index contributed by atoms with van der Waals surface area (Å²) in [7, 11) is 0. The lowest BCUT2D eigenvalue weighted by Crippen LogP contribution is -2.43. The molecule has 2 saturated carbocycles. The second kappa shape index (κ2) is 5.66. The molecule has 2 aliphatic rings. The molecular weight excluding hydrogens is 290 g/mol. The van der Waals surface area contributed by atoms with Gasteiger partial charge in [0.05, 0.1) is 0 Å². The molecule has 0 unspecified atom stereocenters. The van der Waals surface area contributed by atoms with E-state index < -0.39 is 28.6 Å². The number of para-hydroxylation sites is 1. The summed E-state index contributed by atoms with van der Waals surface area (Å²) >= 11 is 0. The Morgan fingerprint density at radius 2 is 1.64 bits per heavy atom. The van der Waals surface area contributed by atoms with Crippen molar-refractivity contribution >= 4 is 17.5 Å². The van der Waals surface area contributed by atoms with Crippen LogP contribution in [0.2, 0.25) is 0 Å². The third-order valence-electron chi connectivity index (χ3n) is 4.51. The van der Waals surface area contributed by atoms with E-state index in [4.69, 9.17) is 0 Å². The highest BCUT2D eigenvalue weighted by molar-refractivity contribution is 6.13. The standard InChI is InChI=1S/C16H18F2N2O2/c17-11-6-3-7-12(18)13(11)20-15(22)16(8-9-16)14(21)19-10-4-1-2-5-10/h3,6-7,10H,1-2,4-5,8-9H2,(H,19,21)(H,20,22). The summed E-state index contributed by atoms with van der Waals surface area (Å²) in [6.45, 7) is 0. The Morgan fingerprint density at radius 1 is 1.05 bits per heavy atom. The smallest absolute Gasteiger partial charge is 0.240 e. The van der Waals surface area contributed by atoms with E-state index >= 15 is 0 Å². The molecule has 2 N–H and O–H groups in total. The fourth-order valence-electron chi connectivity index (χ4n) is 2.93. The number of anilines is 1. The minimum atomic E-state index is -1.17. The average Bonchev–Trinajstić information content (AvgIpc) is 3.15. The van der Waals surface area contributed by atoms with Crippen molar-refractivity contribution in [2.45, 2.75) is 44.6 Å².